The van der Waals surface area contributed by atoms with Crippen LogP contribution in [0.1, 0.15) is 18.7 Å². The highest BCUT2D eigenvalue weighted by molar-refractivity contribution is 7.08. The van der Waals surface area contributed by atoms with Crippen molar-refractivity contribution >= 4 is 23.2 Å². The molecule has 0 spiro atoms. The van der Waals surface area contributed by atoms with Crippen molar-refractivity contribution < 1.29 is 24.0 Å². The van der Waals surface area contributed by atoms with Crippen LogP contribution >= 0.6 is 11.3 Å². The van der Waals surface area contributed by atoms with E-state index in [9.17, 15) is 14.7 Å². The van der Waals surface area contributed by atoms with E-state index in [1.807, 2.05) is 16.8 Å². The quantitative estimate of drug-likeness (QED) is 0.811. The van der Waals surface area contributed by atoms with Gasteiger partial charge in [-0.15, -0.1) is 0 Å². The fourth-order valence-electron chi connectivity index (χ4n) is 2.30. The van der Waals surface area contributed by atoms with Crippen molar-refractivity contribution in [2.24, 2.45) is 0 Å². The van der Waals surface area contributed by atoms with Gasteiger partial charge in [-0.1, -0.05) is 5.16 Å². The largest absolute Gasteiger partial charge is 0.479 e. The number of aliphatic carboxylic acids is 1. The summed E-state index contributed by atoms with van der Waals surface area (Å²) in [6, 6.07) is 1.88. The lowest BCUT2D eigenvalue weighted by molar-refractivity contribution is -0.147. The Kier molecular flexibility index (Phi) is 4.39. The average Bonchev–Trinajstić information content (AvgIpc) is 3.26. The molecule has 1 saturated heterocycles. The summed E-state index contributed by atoms with van der Waals surface area (Å²) in [6.07, 6.45) is 0.580. The number of carboxylic acids is 1. The predicted molar refractivity (Wildman–Crippen MR) is 79.9 cm³/mol. The molecular formula is C14H15N3O5S. The average molecular weight is 337 g/mol. The Morgan fingerprint density at radius 2 is 2.35 bits per heavy atom. The molecular weight excluding hydrogens is 322 g/mol. The standard InChI is InChI=1S/C14H15N3O5S/c18-10(16-14(13(19)20)4-5-21-8-14)1-2-11-15-12(17-22-11)9-3-6-23-7-9/h3,6-7H,1-2,4-5,8H2,(H,16,18)(H,19,20). The van der Waals surface area contributed by atoms with E-state index >= 15 is 0 Å². The molecule has 1 amide bonds. The molecule has 2 N–H and O–H groups in total. The molecule has 1 unspecified atom stereocenters. The van der Waals surface area contributed by atoms with Crippen molar-refractivity contribution in [3.8, 4) is 11.4 Å². The minimum atomic E-state index is -1.33. The molecule has 3 rings (SSSR count). The van der Waals surface area contributed by atoms with E-state index in [0.717, 1.165) is 5.56 Å². The lowest BCUT2D eigenvalue weighted by Gasteiger charge is -2.23. The van der Waals surface area contributed by atoms with Gasteiger partial charge in [0.25, 0.3) is 0 Å². The number of nitrogens with one attached hydrogen (secondary N) is 1. The zero-order chi connectivity index (χ0) is 16.3. The molecule has 23 heavy (non-hydrogen) atoms. The number of thiophene rings is 1. The summed E-state index contributed by atoms with van der Waals surface area (Å²) in [6.45, 7) is 0.303. The molecule has 0 aromatic carbocycles. The number of nitrogens with zero attached hydrogens (tertiary/aromatic N) is 2. The maximum Gasteiger partial charge on any atom is 0.331 e. The van der Waals surface area contributed by atoms with E-state index < -0.39 is 11.5 Å². The Morgan fingerprint density at radius 1 is 1.48 bits per heavy atom. The number of carboxylic acid groups (broad SMARTS) is 1. The van der Waals surface area contributed by atoms with Gasteiger partial charge in [0.1, 0.15) is 0 Å². The topological polar surface area (TPSA) is 115 Å². The molecule has 122 valence electrons. The Bertz CT molecular complexity index is 691. The van der Waals surface area contributed by atoms with Gasteiger partial charge in [-0.3, -0.25) is 4.79 Å². The van der Waals surface area contributed by atoms with Crippen LogP contribution in [0.2, 0.25) is 0 Å². The van der Waals surface area contributed by atoms with Gasteiger partial charge in [0.2, 0.25) is 17.6 Å². The zero-order valence-corrected chi connectivity index (χ0v) is 13.0. The van der Waals surface area contributed by atoms with Crippen molar-refractivity contribution in [1.29, 1.82) is 0 Å². The SMILES string of the molecule is O=C(CCc1nc(-c2ccsc2)no1)NC1(C(=O)O)CCOC1. The lowest BCUT2D eigenvalue weighted by atomic mass is 9.98. The third-order valence-electron chi connectivity index (χ3n) is 3.62. The van der Waals surface area contributed by atoms with Crippen LogP contribution in [-0.4, -0.2) is 45.9 Å². The minimum absolute atomic E-state index is 0.0169. The fraction of sp³-hybridized carbons (Fsp3) is 0.429. The van der Waals surface area contributed by atoms with Crippen molar-refractivity contribution in [1.82, 2.24) is 15.5 Å². The van der Waals surface area contributed by atoms with E-state index in [-0.39, 0.29) is 31.8 Å². The van der Waals surface area contributed by atoms with Crippen LogP contribution in [0.5, 0.6) is 0 Å². The number of aryl methyl sites for hydroxylation is 1. The van der Waals surface area contributed by atoms with Crippen LogP contribution in [-0.2, 0) is 20.7 Å². The Labute approximate surface area is 135 Å². The highest BCUT2D eigenvalue weighted by Gasteiger charge is 2.43. The molecule has 0 saturated carbocycles. The monoisotopic (exact) mass is 337 g/mol. The summed E-state index contributed by atoms with van der Waals surface area (Å²) in [5, 5.41) is 19.5. The Hall–Kier alpha value is -2.26. The summed E-state index contributed by atoms with van der Waals surface area (Å²) in [4.78, 5) is 27.5. The highest BCUT2D eigenvalue weighted by Crippen LogP contribution is 2.20. The van der Waals surface area contributed by atoms with E-state index in [0.29, 0.717) is 18.3 Å². The summed E-state index contributed by atoms with van der Waals surface area (Å²) in [5.74, 6) is -0.643. The van der Waals surface area contributed by atoms with Gasteiger partial charge in [0.05, 0.1) is 6.61 Å². The van der Waals surface area contributed by atoms with Gasteiger partial charge < -0.3 is 19.7 Å². The second-order valence-corrected chi connectivity index (χ2v) is 6.04. The first-order valence-electron chi connectivity index (χ1n) is 7.06. The summed E-state index contributed by atoms with van der Waals surface area (Å²) in [5.41, 5.74) is -0.462. The van der Waals surface area contributed by atoms with E-state index in [1.165, 1.54) is 11.3 Å². The van der Waals surface area contributed by atoms with E-state index in [2.05, 4.69) is 15.5 Å². The minimum Gasteiger partial charge on any atom is -0.479 e. The normalized spacial score (nSPS) is 20.5. The number of rotatable bonds is 6. The second kappa shape index (κ2) is 6.47. The van der Waals surface area contributed by atoms with Gasteiger partial charge >= 0.3 is 5.97 Å². The van der Waals surface area contributed by atoms with E-state index in [4.69, 9.17) is 9.26 Å². The van der Waals surface area contributed by atoms with Crippen molar-refractivity contribution in [2.75, 3.05) is 13.2 Å². The molecule has 1 aliphatic heterocycles. The second-order valence-electron chi connectivity index (χ2n) is 5.26. The molecule has 1 fully saturated rings. The van der Waals surface area contributed by atoms with Crippen LogP contribution in [0.25, 0.3) is 11.4 Å². The van der Waals surface area contributed by atoms with Gasteiger partial charge in [0.15, 0.2) is 5.54 Å². The number of hydrogen-bond acceptors (Lipinski definition) is 7. The van der Waals surface area contributed by atoms with Gasteiger partial charge in [-0.25, -0.2) is 4.79 Å². The predicted octanol–water partition coefficient (Wildman–Crippen LogP) is 1.09. The Morgan fingerprint density at radius 3 is 3.00 bits per heavy atom. The first-order chi connectivity index (χ1) is 11.1. The molecule has 8 nitrogen and oxygen atoms in total. The van der Waals surface area contributed by atoms with E-state index in [1.54, 1.807) is 0 Å². The molecule has 9 heteroatoms. The lowest BCUT2D eigenvalue weighted by Crippen LogP contribution is -2.55. The zero-order valence-electron chi connectivity index (χ0n) is 12.2. The number of ether oxygens (including phenoxy) is 1. The number of carbonyl (C=O) groups excluding carboxylic acids is 1. The molecule has 2 aromatic heterocycles. The summed E-state index contributed by atoms with van der Waals surface area (Å²) < 4.78 is 10.2. The van der Waals surface area contributed by atoms with Crippen molar-refractivity contribution in [3.05, 3.63) is 22.7 Å². The maximum absolute atomic E-state index is 12.0. The molecule has 2 aromatic rings. The first kappa shape index (κ1) is 15.6. The third-order valence-corrected chi connectivity index (χ3v) is 4.31. The number of amides is 1. The van der Waals surface area contributed by atoms with Crippen LogP contribution in [0.4, 0.5) is 0 Å². The maximum atomic E-state index is 12.0. The van der Waals surface area contributed by atoms with Gasteiger partial charge in [0, 0.05) is 36.8 Å². The molecule has 0 radical (unpaired) electrons. The molecule has 3 heterocycles. The summed E-state index contributed by atoms with van der Waals surface area (Å²) >= 11 is 1.53. The van der Waals surface area contributed by atoms with Crippen LogP contribution < -0.4 is 5.32 Å². The molecule has 1 atom stereocenters. The summed E-state index contributed by atoms with van der Waals surface area (Å²) in [7, 11) is 0. The van der Waals surface area contributed by atoms with Gasteiger partial charge in [-0.05, 0) is 11.4 Å². The number of aromatic nitrogens is 2. The van der Waals surface area contributed by atoms with Crippen molar-refractivity contribution in [2.45, 2.75) is 24.8 Å². The number of hydrogen-bond donors (Lipinski definition) is 2. The first-order valence-corrected chi connectivity index (χ1v) is 8.01. The molecule has 1 aliphatic rings. The van der Waals surface area contributed by atoms with Crippen LogP contribution in [0.15, 0.2) is 21.3 Å². The van der Waals surface area contributed by atoms with Gasteiger partial charge in [-0.2, -0.15) is 16.3 Å². The van der Waals surface area contributed by atoms with Crippen molar-refractivity contribution in [3.63, 3.8) is 0 Å². The molecule has 0 aliphatic carbocycles. The van der Waals surface area contributed by atoms with Crippen LogP contribution in [0.3, 0.4) is 0 Å². The fourth-order valence-corrected chi connectivity index (χ4v) is 2.94. The number of carbonyl (C=O) groups is 2. The Balaban J connectivity index is 1.56. The third kappa shape index (κ3) is 3.40. The molecule has 0 bridgehead atoms. The highest BCUT2D eigenvalue weighted by atomic mass is 32.1. The van der Waals surface area contributed by atoms with Crippen LogP contribution in [0, 0.1) is 0 Å². The smallest absolute Gasteiger partial charge is 0.331 e.